The van der Waals surface area contributed by atoms with Gasteiger partial charge in [0, 0.05) is 38.3 Å². The van der Waals surface area contributed by atoms with Gasteiger partial charge in [-0.2, -0.15) is 5.26 Å². The molecule has 230 valence electrons. The third-order valence-electron chi connectivity index (χ3n) is 10.7. The van der Waals surface area contributed by atoms with Crippen molar-refractivity contribution in [3.05, 3.63) is 168 Å². The van der Waals surface area contributed by atoms with Gasteiger partial charge in [-0.1, -0.05) is 111 Å². The van der Waals surface area contributed by atoms with Gasteiger partial charge >= 0.3 is 0 Å². The molecule has 0 atom stereocenters. The highest BCUT2D eigenvalue weighted by Gasteiger charge is 2.38. The van der Waals surface area contributed by atoms with Crippen LogP contribution in [0.1, 0.15) is 30.5 Å². The molecular weight excluding hydrogens is 595 g/mol. The van der Waals surface area contributed by atoms with Crippen LogP contribution in [0.15, 0.2) is 152 Å². The number of nitrogens with zero attached hydrogens (tertiary/aromatic N) is 3. The first-order valence-corrected chi connectivity index (χ1v) is 16.8. The van der Waals surface area contributed by atoms with E-state index in [-0.39, 0.29) is 5.41 Å². The summed E-state index contributed by atoms with van der Waals surface area (Å²) in [7, 11) is 0. The lowest BCUT2D eigenvalue weighted by molar-refractivity contribution is 0.664. The first kappa shape index (κ1) is 27.7. The zero-order valence-corrected chi connectivity index (χ0v) is 27.3. The fourth-order valence-corrected chi connectivity index (χ4v) is 8.55. The normalized spacial score (nSPS) is 13.2. The Morgan fingerprint density at radius 1 is 0.490 bits per heavy atom. The van der Waals surface area contributed by atoms with E-state index >= 15 is 0 Å². The molecule has 49 heavy (non-hydrogen) atoms. The van der Waals surface area contributed by atoms with E-state index in [0.717, 1.165) is 16.9 Å². The quantitative estimate of drug-likeness (QED) is 0.192. The fraction of sp³-hybridized carbons (Fsp3) is 0.0652. The van der Waals surface area contributed by atoms with Crippen molar-refractivity contribution in [2.24, 2.45) is 0 Å². The van der Waals surface area contributed by atoms with Crippen LogP contribution in [0.2, 0.25) is 0 Å². The van der Waals surface area contributed by atoms with Gasteiger partial charge in [0.05, 0.1) is 33.7 Å². The third-order valence-corrected chi connectivity index (χ3v) is 10.7. The largest absolute Gasteiger partial charge is 0.309 e. The van der Waals surface area contributed by atoms with Crippen LogP contribution in [0.25, 0.3) is 77.2 Å². The average molecular weight is 626 g/mol. The Labute approximate surface area is 284 Å². The van der Waals surface area contributed by atoms with E-state index in [1.165, 1.54) is 71.4 Å². The van der Waals surface area contributed by atoms with Gasteiger partial charge in [0.2, 0.25) is 0 Å². The van der Waals surface area contributed by atoms with E-state index in [2.05, 4.69) is 175 Å². The average Bonchev–Trinajstić information content (AvgIpc) is 3.75. The standard InChI is InChI=1S/C46H31N3/c1-46(2)40-24-21-29(28-47)25-39(40)37-22-23-38-36-17-5-8-20-43(36)49(45(38)44(37)46)33-14-10-12-31(27-33)30-11-9-13-32(26-30)48-41-18-6-3-15-34(41)35-16-4-7-19-42(35)48/h3-27H,1-2H3. The molecule has 0 amide bonds. The number of nitriles is 1. The first-order valence-electron chi connectivity index (χ1n) is 16.8. The minimum Gasteiger partial charge on any atom is -0.309 e. The van der Waals surface area contributed by atoms with Gasteiger partial charge in [0.1, 0.15) is 0 Å². The molecule has 0 saturated carbocycles. The maximum Gasteiger partial charge on any atom is 0.0991 e. The highest BCUT2D eigenvalue weighted by molar-refractivity contribution is 6.13. The zero-order valence-electron chi connectivity index (χ0n) is 27.3. The molecule has 2 aromatic heterocycles. The Morgan fingerprint density at radius 2 is 1.04 bits per heavy atom. The van der Waals surface area contributed by atoms with E-state index in [1.807, 2.05) is 6.07 Å². The van der Waals surface area contributed by atoms with Crippen LogP contribution >= 0.6 is 0 Å². The molecule has 2 heterocycles. The number of fused-ring (bicyclic) bond motifs is 10. The summed E-state index contributed by atoms with van der Waals surface area (Å²) >= 11 is 0. The number of para-hydroxylation sites is 3. The molecule has 10 rings (SSSR count). The van der Waals surface area contributed by atoms with Crippen LogP contribution in [0.4, 0.5) is 0 Å². The summed E-state index contributed by atoms with van der Waals surface area (Å²) < 4.78 is 4.84. The number of benzene rings is 7. The second-order valence-corrected chi connectivity index (χ2v) is 13.7. The van der Waals surface area contributed by atoms with E-state index in [1.54, 1.807) is 0 Å². The summed E-state index contributed by atoms with van der Waals surface area (Å²) in [5.41, 5.74) is 14.8. The van der Waals surface area contributed by atoms with Crippen molar-refractivity contribution in [2.75, 3.05) is 0 Å². The summed E-state index contributed by atoms with van der Waals surface area (Å²) in [6.07, 6.45) is 0. The molecule has 9 aromatic rings. The summed E-state index contributed by atoms with van der Waals surface area (Å²) in [4.78, 5) is 0. The van der Waals surface area contributed by atoms with Crippen LogP contribution in [0.3, 0.4) is 0 Å². The van der Waals surface area contributed by atoms with Crippen LogP contribution < -0.4 is 0 Å². The molecule has 3 heteroatoms. The fourth-order valence-electron chi connectivity index (χ4n) is 8.55. The molecule has 0 N–H and O–H groups in total. The van der Waals surface area contributed by atoms with Crippen molar-refractivity contribution >= 4 is 43.6 Å². The summed E-state index contributed by atoms with van der Waals surface area (Å²) in [6, 6.07) is 57.0. The molecular formula is C46H31N3. The van der Waals surface area contributed by atoms with E-state index in [9.17, 15) is 5.26 Å². The Kier molecular flexibility index (Phi) is 5.69. The Morgan fingerprint density at radius 3 is 1.65 bits per heavy atom. The van der Waals surface area contributed by atoms with Crippen molar-refractivity contribution in [3.63, 3.8) is 0 Å². The monoisotopic (exact) mass is 625 g/mol. The molecule has 0 radical (unpaired) electrons. The summed E-state index contributed by atoms with van der Waals surface area (Å²) in [5, 5.41) is 14.7. The van der Waals surface area contributed by atoms with Crippen molar-refractivity contribution in [1.29, 1.82) is 5.26 Å². The molecule has 0 bridgehead atoms. The maximum absolute atomic E-state index is 9.74. The maximum atomic E-state index is 9.74. The van der Waals surface area contributed by atoms with Crippen molar-refractivity contribution in [2.45, 2.75) is 19.3 Å². The lowest BCUT2D eigenvalue weighted by Crippen LogP contribution is -2.16. The van der Waals surface area contributed by atoms with Gasteiger partial charge in [-0.3, -0.25) is 0 Å². The molecule has 0 saturated heterocycles. The Balaban J connectivity index is 1.19. The number of aromatic nitrogens is 2. The van der Waals surface area contributed by atoms with Crippen LogP contribution in [0, 0.1) is 11.3 Å². The molecule has 0 unspecified atom stereocenters. The van der Waals surface area contributed by atoms with Crippen molar-refractivity contribution in [3.8, 4) is 39.7 Å². The van der Waals surface area contributed by atoms with E-state index in [0.29, 0.717) is 5.56 Å². The number of hydrogen-bond donors (Lipinski definition) is 0. The number of rotatable bonds is 3. The van der Waals surface area contributed by atoms with Gasteiger partial charge < -0.3 is 9.13 Å². The van der Waals surface area contributed by atoms with Crippen LogP contribution in [-0.4, -0.2) is 9.13 Å². The zero-order chi connectivity index (χ0) is 32.9. The predicted octanol–water partition coefficient (Wildman–Crippen LogP) is 11.7. The smallest absolute Gasteiger partial charge is 0.0991 e. The minimum absolute atomic E-state index is 0.238. The topological polar surface area (TPSA) is 33.6 Å². The molecule has 0 aliphatic heterocycles. The minimum atomic E-state index is -0.238. The highest BCUT2D eigenvalue weighted by Crippen LogP contribution is 2.53. The molecule has 0 fully saturated rings. The predicted molar refractivity (Wildman–Crippen MR) is 203 cm³/mol. The van der Waals surface area contributed by atoms with Gasteiger partial charge in [0.15, 0.2) is 0 Å². The SMILES string of the molecule is CC1(C)c2ccc(C#N)cc2-c2ccc3c4ccccc4n(-c4cccc(-c5cccc(-n6c7ccccc7c7ccccc76)c5)c4)c3c21. The van der Waals surface area contributed by atoms with Crippen molar-refractivity contribution < 1.29 is 0 Å². The van der Waals surface area contributed by atoms with Crippen LogP contribution in [-0.2, 0) is 5.41 Å². The summed E-state index contributed by atoms with van der Waals surface area (Å²) in [5.74, 6) is 0. The highest BCUT2D eigenvalue weighted by atomic mass is 15.0. The molecule has 1 aliphatic carbocycles. The summed E-state index contributed by atoms with van der Waals surface area (Å²) in [6.45, 7) is 4.64. The lowest BCUT2D eigenvalue weighted by Gasteiger charge is -2.24. The third kappa shape index (κ3) is 3.83. The Bertz CT molecular complexity index is 2820. The second kappa shape index (κ2) is 10.1. The second-order valence-electron chi connectivity index (χ2n) is 13.7. The van der Waals surface area contributed by atoms with E-state index < -0.39 is 0 Å². The first-order chi connectivity index (χ1) is 24.0. The molecule has 7 aromatic carbocycles. The number of hydrogen-bond acceptors (Lipinski definition) is 1. The van der Waals surface area contributed by atoms with E-state index in [4.69, 9.17) is 0 Å². The Hall–Kier alpha value is -6.37. The van der Waals surface area contributed by atoms with Gasteiger partial charge in [0.25, 0.3) is 0 Å². The molecule has 1 aliphatic rings. The van der Waals surface area contributed by atoms with Gasteiger partial charge in [-0.05, 0) is 88.0 Å². The van der Waals surface area contributed by atoms with Gasteiger partial charge in [-0.25, -0.2) is 0 Å². The molecule has 3 nitrogen and oxygen atoms in total. The lowest BCUT2D eigenvalue weighted by atomic mass is 9.81. The molecule has 0 spiro atoms. The van der Waals surface area contributed by atoms with Crippen LogP contribution in [0.5, 0.6) is 0 Å². The van der Waals surface area contributed by atoms with Gasteiger partial charge in [-0.15, -0.1) is 0 Å². The van der Waals surface area contributed by atoms with Crippen molar-refractivity contribution in [1.82, 2.24) is 9.13 Å².